The first-order valence-electron chi connectivity index (χ1n) is 5.63. The summed E-state index contributed by atoms with van der Waals surface area (Å²) in [6.07, 6.45) is 0.471. The molecule has 0 atom stereocenters. The van der Waals surface area contributed by atoms with Crippen molar-refractivity contribution in [3.8, 4) is 5.75 Å². The Balaban J connectivity index is 2.48. The maximum absolute atomic E-state index is 10.6. The molecular formula is C13H14N2O3. The van der Waals surface area contributed by atoms with Crippen LogP contribution in [-0.2, 0) is 11.2 Å². The number of carbonyl (C=O) groups is 1. The molecule has 1 aromatic heterocycles. The molecule has 5 nitrogen and oxygen atoms in total. The van der Waals surface area contributed by atoms with E-state index >= 15 is 0 Å². The predicted octanol–water partition coefficient (Wildman–Crippen LogP) is 1.96. The largest absolute Gasteiger partial charge is 0.497 e. The van der Waals surface area contributed by atoms with Gasteiger partial charge in [-0.1, -0.05) is 0 Å². The van der Waals surface area contributed by atoms with Gasteiger partial charge in [0, 0.05) is 17.9 Å². The summed E-state index contributed by atoms with van der Waals surface area (Å²) in [6.45, 7) is 1.79. The zero-order valence-electron chi connectivity index (χ0n) is 10.3. The normalized spacial score (nSPS) is 10.6. The van der Waals surface area contributed by atoms with Crippen molar-refractivity contribution in [1.82, 2.24) is 9.97 Å². The van der Waals surface area contributed by atoms with E-state index in [1.165, 1.54) is 0 Å². The minimum Gasteiger partial charge on any atom is -0.497 e. The van der Waals surface area contributed by atoms with Crippen molar-refractivity contribution in [2.45, 2.75) is 19.8 Å². The van der Waals surface area contributed by atoms with Crippen LogP contribution in [0.4, 0.5) is 0 Å². The van der Waals surface area contributed by atoms with Gasteiger partial charge in [-0.15, -0.1) is 0 Å². The highest BCUT2D eigenvalue weighted by atomic mass is 16.5. The molecule has 0 aliphatic heterocycles. The Kier molecular flexibility index (Phi) is 3.41. The van der Waals surface area contributed by atoms with Crippen molar-refractivity contribution in [2.24, 2.45) is 0 Å². The van der Waals surface area contributed by atoms with Gasteiger partial charge in [0.15, 0.2) is 0 Å². The molecule has 0 bridgehead atoms. The first kappa shape index (κ1) is 12.3. The number of rotatable bonds is 4. The number of hydrogen-bond acceptors (Lipinski definition) is 4. The van der Waals surface area contributed by atoms with Crippen LogP contribution in [0.3, 0.4) is 0 Å². The van der Waals surface area contributed by atoms with Crippen molar-refractivity contribution in [2.75, 3.05) is 7.11 Å². The van der Waals surface area contributed by atoms with Gasteiger partial charge < -0.3 is 9.84 Å². The molecule has 0 amide bonds. The standard InChI is InChI=1S/C13H14N2O3/c1-8-14-11(5-6-13(16)17)10-4-3-9(18-2)7-12(10)15-8/h3-4,7H,5-6H2,1-2H3,(H,16,17). The van der Waals surface area contributed by atoms with Crippen LogP contribution >= 0.6 is 0 Å². The monoisotopic (exact) mass is 246 g/mol. The van der Waals surface area contributed by atoms with Gasteiger partial charge in [-0.25, -0.2) is 9.97 Å². The second kappa shape index (κ2) is 5.00. The lowest BCUT2D eigenvalue weighted by atomic mass is 10.1. The highest BCUT2D eigenvalue weighted by Crippen LogP contribution is 2.22. The molecule has 0 radical (unpaired) electrons. The molecule has 1 N–H and O–H groups in total. The Labute approximate surface area is 104 Å². The van der Waals surface area contributed by atoms with Crippen LogP contribution in [0.2, 0.25) is 0 Å². The Morgan fingerprint density at radius 3 is 2.83 bits per heavy atom. The molecule has 0 unspecified atom stereocenters. The lowest BCUT2D eigenvalue weighted by Gasteiger charge is -2.07. The lowest BCUT2D eigenvalue weighted by molar-refractivity contribution is -0.136. The third-order valence-corrected chi connectivity index (χ3v) is 2.67. The average molecular weight is 246 g/mol. The van der Waals surface area contributed by atoms with Crippen LogP contribution < -0.4 is 4.74 Å². The number of nitrogens with zero attached hydrogens (tertiary/aromatic N) is 2. The number of aryl methyl sites for hydroxylation is 2. The number of methoxy groups -OCH3 is 1. The number of aromatic nitrogens is 2. The SMILES string of the molecule is COc1ccc2c(CCC(=O)O)nc(C)nc2c1. The van der Waals surface area contributed by atoms with Crippen LogP contribution in [0.1, 0.15) is 17.9 Å². The van der Waals surface area contributed by atoms with Gasteiger partial charge >= 0.3 is 5.97 Å². The van der Waals surface area contributed by atoms with Crippen molar-refractivity contribution in [1.29, 1.82) is 0 Å². The molecule has 0 saturated heterocycles. The van der Waals surface area contributed by atoms with Gasteiger partial charge in [0.05, 0.1) is 24.7 Å². The minimum atomic E-state index is -0.826. The van der Waals surface area contributed by atoms with E-state index < -0.39 is 5.97 Å². The average Bonchev–Trinajstić information content (AvgIpc) is 2.34. The van der Waals surface area contributed by atoms with Crippen molar-refractivity contribution >= 4 is 16.9 Å². The quantitative estimate of drug-likeness (QED) is 0.892. The minimum absolute atomic E-state index is 0.0670. The first-order chi connectivity index (χ1) is 8.60. The summed E-state index contributed by atoms with van der Waals surface area (Å²) in [6, 6.07) is 5.52. The number of fused-ring (bicyclic) bond motifs is 1. The predicted molar refractivity (Wildman–Crippen MR) is 66.8 cm³/mol. The Morgan fingerprint density at radius 2 is 2.17 bits per heavy atom. The van der Waals surface area contributed by atoms with Crippen LogP contribution in [0.25, 0.3) is 10.9 Å². The van der Waals surface area contributed by atoms with Gasteiger partial charge in [0.1, 0.15) is 11.6 Å². The molecule has 1 aromatic carbocycles. The number of aliphatic carboxylic acids is 1. The maximum atomic E-state index is 10.6. The topological polar surface area (TPSA) is 72.3 Å². The molecule has 0 aliphatic carbocycles. The second-order valence-electron chi connectivity index (χ2n) is 3.99. The molecule has 1 heterocycles. The van der Waals surface area contributed by atoms with Crippen molar-refractivity contribution in [3.05, 3.63) is 29.7 Å². The second-order valence-corrected chi connectivity index (χ2v) is 3.99. The number of hydrogen-bond donors (Lipinski definition) is 1. The lowest BCUT2D eigenvalue weighted by Crippen LogP contribution is -2.02. The van der Waals surface area contributed by atoms with Crippen LogP contribution in [0.5, 0.6) is 5.75 Å². The molecule has 0 spiro atoms. The van der Waals surface area contributed by atoms with Crippen LogP contribution in [-0.4, -0.2) is 28.2 Å². The van der Waals surface area contributed by atoms with Gasteiger partial charge in [0.2, 0.25) is 0 Å². The molecule has 0 aliphatic rings. The van der Waals surface area contributed by atoms with Crippen LogP contribution in [0, 0.1) is 6.92 Å². The molecule has 2 rings (SSSR count). The fourth-order valence-electron chi connectivity index (χ4n) is 1.85. The first-order valence-corrected chi connectivity index (χ1v) is 5.63. The van der Waals surface area contributed by atoms with Gasteiger partial charge in [-0.3, -0.25) is 4.79 Å². The van der Waals surface area contributed by atoms with E-state index in [9.17, 15) is 4.79 Å². The Morgan fingerprint density at radius 1 is 1.39 bits per heavy atom. The Bertz CT molecular complexity index is 596. The van der Waals surface area contributed by atoms with E-state index in [0.29, 0.717) is 12.2 Å². The third-order valence-electron chi connectivity index (χ3n) is 2.67. The van der Waals surface area contributed by atoms with E-state index in [4.69, 9.17) is 9.84 Å². The highest BCUT2D eigenvalue weighted by molar-refractivity contribution is 5.82. The number of ether oxygens (including phenoxy) is 1. The van der Waals surface area contributed by atoms with E-state index in [1.807, 2.05) is 18.2 Å². The summed E-state index contributed by atoms with van der Waals surface area (Å²) >= 11 is 0. The van der Waals surface area contributed by atoms with Crippen molar-refractivity contribution in [3.63, 3.8) is 0 Å². The van der Waals surface area contributed by atoms with Gasteiger partial charge in [-0.05, 0) is 19.1 Å². The third kappa shape index (κ3) is 2.56. The molecule has 0 saturated carbocycles. The van der Waals surface area contributed by atoms with E-state index in [1.54, 1.807) is 14.0 Å². The molecule has 94 valence electrons. The van der Waals surface area contributed by atoms with E-state index in [0.717, 1.165) is 22.3 Å². The smallest absolute Gasteiger partial charge is 0.303 e. The summed E-state index contributed by atoms with van der Waals surface area (Å²) in [7, 11) is 1.60. The fourth-order valence-corrected chi connectivity index (χ4v) is 1.85. The Hall–Kier alpha value is -2.17. The number of carboxylic acids is 1. The summed E-state index contributed by atoms with van der Waals surface area (Å²) in [4.78, 5) is 19.3. The summed E-state index contributed by atoms with van der Waals surface area (Å²) in [5.74, 6) is 0.536. The zero-order valence-corrected chi connectivity index (χ0v) is 10.3. The summed E-state index contributed by atoms with van der Waals surface area (Å²) in [5, 5.41) is 9.61. The summed E-state index contributed by atoms with van der Waals surface area (Å²) < 4.78 is 5.15. The maximum Gasteiger partial charge on any atom is 0.303 e. The molecule has 2 aromatic rings. The fraction of sp³-hybridized carbons (Fsp3) is 0.308. The molecule has 5 heteroatoms. The van der Waals surface area contributed by atoms with Crippen molar-refractivity contribution < 1.29 is 14.6 Å². The van der Waals surface area contributed by atoms with Gasteiger partial charge in [0.25, 0.3) is 0 Å². The van der Waals surface area contributed by atoms with Gasteiger partial charge in [-0.2, -0.15) is 0 Å². The number of benzene rings is 1. The van der Waals surface area contributed by atoms with E-state index in [2.05, 4.69) is 9.97 Å². The summed E-state index contributed by atoms with van der Waals surface area (Å²) in [5.41, 5.74) is 1.55. The van der Waals surface area contributed by atoms with E-state index in [-0.39, 0.29) is 6.42 Å². The highest BCUT2D eigenvalue weighted by Gasteiger charge is 2.08. The molecule has 18 heavy (non-hydrogen) atoms. The zero-order chi connectivity index (χ0) is 13.1. The molecular weight excluding hydrogens is 232 g/mol. The van der Waals surface area contributed by atoms with Crippen LogP contribution in [0.15, 0.2) is 18.2 Å². The molecule has 0 fully saturated rings. The number of carboxylic acid groups (broad SMARTS) is 1.